The number of likely N-dealkylation sites (N-methyl/N-ethyl adjacent to an activating group) is 1. The van der Waals surface area contributed by atoms with E-state index in [0.29, 0.717) is 34.1 Å². The second-order valence-corrected chi connectivity index (χ2v) is 9.07. The van der Waals surface area contributed by atoms with Crippen LogP contribution in [0.4, 0.5) is 5.69 Å². The third kappa shape index (κ3) is 5.25. The number of hydrogen-bond acceptors (Lipinski definition) is 4. The zero-order valence-corrected chi connectivity index (χ0v) is 20.5. The summed E-state index contributed by atoms with van der Waals surface area (Å²) in [6, 6.07) is 15.6. The van der Waals surface area contributed by atoms with E-state index in [1.165, 1.54) is 11.0 Å². The van der Waals surface area contributed by atoms with Crippen molar-refractivity contribution >= 4 is 40.7 Å². The Morgan fingerprint density at radius 1 is 1.03 bits per heavy atom. The van der Waals surface area contributed by atoms with Crippen molar-refractivity contribution in [1.29, 1.82) is 0 Å². The molecule has 0 spiro atoms. The SMILES string of the molecule is CN(C[C@@H]1CCCO1)C(=O)c1ccc(C(=O)N(C)c2ccc(Cl)c(-c3ccccn3)c2)c(Cl)c1. The van der Waals surface area contributed by atoms with E-state index in [2.05, 4.69) is 4.98 Å². The highest BCUT2D eigenvalue weighted by atomic mass is 35.5. The number of nitrogens with zero attached hydrogens (tertiary/aromatic N) is 3. The van der Waals surface area contributed by atoms with Crippen molar-refractivity contribution in [3.8, 4) is 11.3 Å². The van der Waals surface area contributed by atoms with Crippen molar-refractivity contribution in [2.24, 2.45) is 0 Å². The summed E-state index contributed by atoms with van der Waals surface area (Å²) in [5, 5.41) is 0.753. The first-order valence-corrected chi connectivity index (χ1v) is 11.8. The number of pyridine rings is 1. The zero-order chi connectivity index (χ0) is 24.2. The molecule has 2 heterocycles. The molecule has 0 bridgehead atoms. The lowest BCUT2D eigenvalue weighted by atomic mass is 10.1. The maximum atomic E-state index is 13.2. The normalized spacial score (nSPS) is 15.2. The first-order valence-electron chi connectivity index (χ1n) is 11.0. The lowest BCUT2D eigenvalue weighted by Gasteiger charge is -2.22. The molecule has 0 radical (unpaired) electrons. The highest BCUT2D eigenvalue weighted by molar-refractivity contribution is 6.35. The van der Waals surface area contributed by atoms with Gasteiger partial charge in [-0.3, -0.25) is 14.6 Å². The van der Waals surface area contributed by atoms with Gasteiger partial charge in [0.25, 0.3) is 11.8 Å². The number of halogens is 2. The first-order chi connectivity index (χ1) is 16.3. The third-order valence-electron chi connectivity index (χ3n) is 5.88. The van der Waals surface area contributed by atoms with E-state index in [9.17, 15) is 9.59 Å². The van der Waals surface area contributed by atoms with Gasteiger partial charge in [-0.25, -0.2) is 0 Å². The van der Waals surface area contributed by atoms with Crippen LogP contribution in [0, 0.1) is 0 Å². The fraction of sp³-hybridized carbons (Fsp3) is 0.269. The van der Waals surface area contributed by atoms with Crippen LogP contribution in [-0.4, -0.2) is 55.0 Å². The van der Waals surface area contributed by atoms with E-state index in [-0.39, 0.29) is 22.9 Å². The van der Waals surface area contributed by atoms with Gasteiger partial charge in [-0.1, -0.05) is 29.3 Å². The summed E-state index contributed by atoms with van der Waals surface area (Å²) in [7, 11) is 3.41. The number of hydrogen-bond donors (Lipinski definition) is 0. The second-order valence-electron chi connectivity index (χ2n) is 8.26. The molecule has 176 valence electrons. The number of carbonyl (C=O) groups excluding carboxylic acids is 2. The average Bonchev–Trinajstić information content (AvgIpc) is 3.36. The van der Waals surface area contributed by atoms with Gasteiger partial charge in [-0.15, -0.1) is 0 Å². The van der Waals surface area contributed by atoms with Crippen LogP contribution in [0.3, 0.4) is 0 Å². The highest BCUT2D eigenvalue weighted by Gasteiger charge is 2.23. The van der Waals surface area contributed by atoms with Crippen LogP contribution >= 0.6 is 23.2 Å². The van der Waals surface area contributed by atoms with Crippen LogP contribution in [-0.2, 0) is 4.74 Å². The van der Waals surface area contributed by atoms with E-state index in [1.54, 1.807) is 49.5 Å². The van der Waals surface area contributed by atoms with E-state index < -0.39 is 0 Å². The molecule has 1 aliphatic heterocycles. The summed E-state index contributed by atoms with van der Waals surface area (Å²) in [5.74, 6) is -0.464. The number of amides is 2. The van der Waals surface area contributed by atoms with Crippen molar-refractivity contribution in [2.45, 2.75) is 18.9 Å². The topological polar surface area (TPSA) is 62.7 Å². The van der Waals surface area contributed by atoms with Gasteiger partial charge >= 0.3 is 0 Å². The van der Waals surface area contributed by atoms with Crippen molar-refractivity contribution in [3.63, 3.8) is 0 Å². The Kier molecular flexibility index (Phi) is 7.51. The van der Waals surface area contributed by atoms with Crippen LogP contribution in [0.15, 0.2) is 60.8 Å². The molecule has 2 aromatic carbocycles. The van der Waals surface area contributed by atoms with Crippen LogP contribution in [0.1, 0.15) is 33.6 Å². The van der Waals surface area contributed by atoms with Crippen molar-refractivity contribution < 1.29 is 14.3 Å². The molecule has 1 aromatic heterocycles. The van der Waals surface area contributed by atoms with Crippen LogP contribution in [0.2, 0.25) is 10.0 Å². The van der Waals surface area contributed by atoms with E-state index in [4.69, 9.17) is 27.9 Å². The van der Waals surface area contributed by atoms with E-state index >= 15 is 0 Å². The molecule has 8 heteroatoms. The van der Waals surface area contributed by atoms with Crippen molar-refractivity contribution in [2.75, 3.05) is 32.1 Å². The van der Waals surface area contributed by atoms with Crippen LogP contribution < -0.4 is 4.90 Å². The van der Waals surface area contributed by atoms with Gasteiger partial charge in [-0.05, 0) is 61.4 Å². The molecular weight excluding hydrogens is 473 g/mol. The Bertz CT molecular complexity index is 1200. The Morgan fingerprint density at radius 2 is 1.85 bits per heavy atom. The van der Waals surface area contributed by atoms with Gasteiger partial charge in [0.2, 0.25) is 0 Å². The second kappa shape index (κ2) is 10.6. The molecule has 1 aliphatic rings. The molecule has 2 amide bonds. The third-order valence-corrected chi connectivity index (χ3v) is 6.52. The molecular formula is C26H25Cl2N3O3. The largest absolute Gasteiger partial charge is 0.376 e. The standard InChI is InChI=1S/C26H25Cl2N3O3/c1-30(16-19-6-5-13-34-19)25(32)17-8-10-20(23(28)14-17)26(33)31(2)18-9-11-22(27)21(15-18)24-7-3-4-12-29-24/h3-4,7-12,14-15,19H,5-6,13,16H2,1-2H3/t19-/m0/s1. The van der Waals surface area contributed by atoms with Crippen LogP contribution in [0.5, 0.6) is 0 Å². The summed E-state index contributed by atoms with van der Waals surface area (Å²) in [6.07, 6.45) is 3.72. The van der Waals surface area contributed by atoms with E-state index in [0.717, 1.165) is 25.0 Å². The monoisotopic (exact) mass is 497 g/mol. The zero-order valence-electron chi connectivity index (χ0n) is 19.0. The summed E-state index contributed by atoms with van der Waals surface area (Å²) >= 11 is 12.8. The number of anilines is 1. The predicted molar refractivity (Wildman–Crippen MR) is 135 cm³/mol. The lowest BCUT2D eigenvalue weighted by molar-refractivity contribution is 0.0587. The Morgan fingerprint density at radius 3 is 2.53 bits per heavy atom. The van der Waals surface area contributed by atoms with Gasteiger partial charge in [0.1, 0.15) is 0 Å². The minimum Gasteiger partial charge on any atom is -0.376 e. The number of rotatable bonds is 6. The number of ether oxygens (including phenoxy) is 1. The summed E-state index contributed by atoms with van der Waals surface area (Å²) < 4.78 is 5.61. The van der Waals surface area contributed by atoms with Crippen molar-refractivity contribution in [3.05, 3.63) is 82.0 Å². The Hall–Kier alpha value is -2.93. The maximum absolute atomic E-state index is 13.2. The smallest absolute Gasteiger partial charge is 0.259 e. The summed E-state index contributed by atoms with van der Waals surface area (Å²) in [6.45, 7) is 1.26. The highest BCUT2D eigenvalue weighted by Crippen LogP contribution is 2.31. The molecule has 1 saturated heterocycles. The molecule has 34 heavy (non-hydrogen) atoms. The van der Waals surface area contributed by atoms with E-state index in [1.807, 2.05) is 24.3 Å². The molecule has 1 atom stereocenters. The van der Waals surface area contributed by atoms with Crippen LogP contribution in [0.25, 0.3) is 11.3 Å². The molecule has 1 fully saturated rings. The lowest BCUT2D eigenvalue weighted by Crippen LogP contribution is -2.34. The minimum absolute atomic E-state index is 0.0641. The van der Waals surface area contributed by atoms with Gasteiger partial charge in [-0.2, -0.15) is 0 Å². The molecule has 0 aliphatic carbocycles. The number of carbonyl (C=O) groups is 2. The quantitative estimate of drug-likeness (QED) is 0.445. The Balaban J connectivity index is 1.52. The number of aromatic nitrogens is 1. The maximum Gasteiger partial charge on any atom is 0.259 e. The Labute approximate surface area is 209 Å². The molecule has 0 N–H and O–H groups in total. The number of benzene rings is 2. The van der Waals surface area contributed by atoms with Gasteiger partial charge in [0.15, 0.2) is 0 Å². The minimum atomic E-state index is -0.300. The molecule has 4 rings (SSSR count). The summed E-state index contributed by atoms with van der Waals surface area (Å²) in [5.41, 5.74) is 2.80. The molecule has 3 aromatic rings. The molecule has 0 saturated carbocycles. The van der Waals surface area contributed by atoms with Gasteiger partial charge in [0, 0.05) is 50.3 Å². The van der Waals surface area contributed by atoms with Crippen molar-refractivity contribution in [1.82, 2.24) is 9.88 Å². The summed E-state index contributed by atoms with van der Waals surface area (Å²) in [4.78, 5) is 33.5. The fourth-order valence-electron chi connectivity index (χ4n) is 3.96. The first kappa shape index (κ1) is 24.2. The average molecular weight is 498 g/mol. The molecule has 6 nitrogen and oxygen atoms in total. The predicted octanol–water partition coefficient (Wildman–Crippen LogP) is 5.58. The molecule has 0 unspecified atom stereocenters. The fourth-order valence-corrected chi connectivity index (χ4v) is 4.43. The van der Waals surface area contributed by atoms with Gasteiger partial charge in [0.05, 0.1) is 27.4 Å². The van der Waals surface area contributed by atoms with Gasteiger partial charge < -0.3 is 14.5 Å².